The first kappa shape index (κ1) is 21.6. The minimum atomic E-state index is -0.286. The summed E-state index contributed by atoms with van der Waals surface area (Å²) >= 11 is 0. The van der Waals surface area contributed by atoms with E-state index in [2.05, 4.69) is 62.5 Å². The Kier molecular flexibility index (Phi) is 6.61. The average molecular weight is 402 g/mol. The van der Waals surface area contributed by atoms with Crippen molar-refractivity contribution in [3.05, 3.63) is 100 Å². The van der Waals surface area contributed by atoms with Crippen LogP contribution in [0.5, 0.6) is 0 Å². The molecule has 3 aromatic rings. The highest BCUT2D eigenvalue weighted by Crippen LogP contribution is 2.23. The van der Waals surface area contributed by atoms with E-state index in [4.69, 9.17) is 4.74 Å². The maximum Gasteiger partial charge on any atom is 0.338 e. The Morgan fingerprint density at radius 3 is 1.97 bits per heavy atom. The number of carbonyl (C=O) groups excluding carboxylic acids is 1. The summed E-state index contributed by atoms with van der Waals surface area (Å²) in [5, 5.41) is 3.46. The first-order valence-corrected chi connectivity index (χ1v) is 10.4. The first-order chi connectivity index (χ1) is 14.2. The quantitative estimate of drug-likeness (QED) is 0.475. The van der Waals surface area contributed by atoms with Gasteiger partial charge in [0.25, 0.3) is 0 Å². The molecule has 0 aliphatic heterocycles. The highest BCUT2D eigenvalue weighted by molar-refractivity contribution is 5.89. The molecule has 0 aromatic heterocycles. The summed E-state index contributed by atoms with van der Waals surface area (Å²) in [6, 6.07) is 22.5. The minimum Gasteiger partial charge on any atom is -0.457 e. The van der Waals surface area contributed by atoms with Crippen LogP contribution in [0.4, 0.5) is 5.69 Å². The van der Waals surface area contributed by atoms with Gasteiger partial charge < -0.3 is 10.1 Å². The van der Waals surface area contributed by atoms with Gasteiger partial charge in [-0.2, -0.15) is 0 Å². The molecular weight excluding hydrogens is 370 g/mol. The van der Waals surface area contributed by atoms with Gasteiger partial charge in [-0.1, -0.05) is 74.4 Å². The molecular formula is C27H31NO2. The monoisotopic (exact) mass is 401 g/mol. The van der Waals surface area contributed by atoms with Gasteiger partial charge in [-0.3, -0.25) is 0 Å². The molecule has 3 rings (SSSR count). The van der Waals surface area contributed by atoms with Crippen LogP contribution in [-0.4, -0.2) is 5.97 Å². The number of hydrogen-bond acceptors (Lipinski definition) is 3. The lowest BCUT2D eigenvalue weighted by atomic mass is 9.87. The second-order valence-electron chi connectivity index (χ2n) is 8.95. The van der Waals surface area contributed by atoms with Crippen molar-refractivity contribution in [3.63, 3.8) is 0 Å². The summed E-state index contributed by atoms with van der Waals surface area (Å²) in [5.74, 6) is -0.286. The Morgan fingerprint density at radius 1 is 0.833 bits per heavy atom. The van der Waals surface area contributed by atoms with Crippen LogP contribution < -0.4 is 5.32 Å². The number of aryl methyl sites for hydroxylation is 2. The number of anilines is 1. The van der Waals surface area contributed by atoms with Crippen molar-refractivity contribution in [1.29, 1.82) is 0 Å². The topological polar surface area (TPSA) is 38.3 Å². The van der Waals surface area contributed by atoms with Gasteiger partial charge >= 0.3 is 5.97 Å². The summed E-state index contributed by atoms with van der Waals surface area (Å²) < 4.78 is 5.48. The lowest BCUT2D eigenvalue weighted by molar-refractivity contribution is 0.0472. The van der Waals surface area contributed by atoms with Crippen LogP contribution in [0.25, 0.3) is 0 Å². The number of ether oxygens (including phenoxy) is 1. The molecule has 30 heavy (non-hydrogen) atoms. The Labute approximate surface area is 180 Å². The third-order valence-electron chi connectivity index (χ3n) is 5.10. The molecule has 0 saturated heterocycles. The summed E-state index contributed by atoms with van der Waals surface area (Å²) in [4.78, 5) is 12.3. The van der Waals surface area contributed by atoms with Gasteiger partial charge in [0.15, 0.2) is 0 Å². The standard InChI is InChI=1S/C27H31NO2/c1-19-14-20(2)16-23(15-19)26(29)30-18-22-8-6-21(7-9-22)17-28-25-12-10-24(11-13-25)27(3,4)5/h6-16,28H,17-18H2,1-5H3. The fourth-order valence-corrected chi connectivity index (χ4v) is 3.37. The van der Waals surface area contributed by atoms with Crippen LogP contribution in [0, 0.1) is 13.8 Å². The number of esters is 1. The first-order valence-electron chi connectivity index (χ1n) is 10.4. The molecule has 0 unspecified atom stereocenters. The van der Waals surface area contributed by atoms with Crippen LogP contribution in [0.1, 0.15) is 58.9 Å². The van der Waals surface area contributed by atoms with E-state index in [-0.39, 0.29) is 18.0 Å². The summed E-state index contributed by atoms with van der Waals surface area (Å²) in [6.07, 6.45) is 0. The summed E-state index contributed by atoms with van der Waals surface area (Å²) in [5.41, 5.74) is 7.48. The van der Waals surface area contributed by atoms with Gasteiger partial charge in [-0.05, 0) is 60.2 Å². The zero-order chi connectivity index (χ0) is 21.7. The van der Waals surface area contributed by atoms with E-state index in [9.17, 15) is 4.79 Å². The van der Waals surface area contributed by atoms with Crippen molar-refractivity contribution in [2.45, 2.75) is 53.2 Å². The van der Waals surface area contributed by atoms with E-state index in [0.717, 1.165) is 28.9 Å². The third kappa shape index (κ3) is 5.96. The zero-order valence-electron chi connectivity index (χ0n) is 18.6. The van der Waals surface area contributed by atoms with Gasteiger partial charge in [0, 0.05) is 12.2 Å². The lowest BCUT2D eigenvalue weighted by Crippen LogP contribution is -2.10. The van der Waals surface area contributed by atoms with Crippen LogP contribution in [0.15, 0.2) is 66.7 Å². The molecule has 0 fully saturated rings. The van der Waals surface area contributed by atoms with Crippen LogP contribution >= 0.6 is 0 Å². The molecule has 3 nitrogen and oxygen atoms in total. The fraction of sp³-hybridized carbons (Fsp3) is 0.296. The maximum absolute atomic E-state index is 12.3. The molecule has 0 bridgehead atoms. The number of hydrogen-bond donors (Lipinski definition) is 1. The van der Waals surface area contributed by atoms with Crippen molar-refractivity contribution in [2.24, 2.45) is 0 Å². The molecule has 0 saturated carbocycles. The van der Waals surface area contributed by atoms with Crippen molar-refractivity contribution < 1.29 is 9.53 Å². The largest absolute Gasteiger partial charge is 0.457 e. The third-order valence-corrected chi connectivity index (χ3v) is 5.10. The van der Waals surface area contributed by atoms with E-state index in [1.54, 1.807) is 0 Å². The van der Waals surface area contributed by atoms with E-state index in [1.807, 2.05) is 44.2 Å². The highest BCUT2D eigenvalue weighted by Gasteiger charge is 2.12. The van der Waals surface area contributed by atoms with Gasteiger partial charge in [-0.25, -0.2) is 4.79 Å². The van der Waals surface area contributed by atoms with Gasteiger partial charge in [0.1, 0.15) is 6.61 Å². The Bertz CT molecular complexity index is 976. The van der Waals surface area contributed by atoms with Crippen molar-refractivity contribution >= 4 is 11.7 Å². The molecule has 0 heterocycles. The molecule has 3 aromatic carbocycles. The van der Waals surface area contributed by atoms with Gasteiger partial charge in [0.05, 0.1) is 5.56 Å². The predicted molar refractivity (Wildman–Crippen MR) is 124 cm³/mol. The molecule has 156 valence electrons. The second kappa shape index (κ2) is 9.17. The summed E-state index contributed by atoms with van der Waals surface area (Å²) in [6.45, 7) is 11.6. The fourth-order valence-electron chi connectivity index (χ4n) is 3.37. The molecule has 0 spiro atoms. The molecule has 0 aliphatic rings. The average Bonchev–Trinajstić information content (AvgIpc) is 2.70. The molecule has 3 heteroatoms. The minimum absolute atomic E-state index is 0.163. The van der Waals surface area contributed by atoms with Crippen LogP contribution in [-0.2, 0) is 23.3 Å². The number of carbonyl (C=O) groups is 1. The molecule has 0 aliphatic carbocycles. The van der Waals surface area contributed by atoms with Crippen molar-refractivity contribution in [1.82, 2.24) is 0 Å². The lowest BCUT2D eigenvalue weighted by Gasteiger charge is -2.19. The number of nitrogens with one attached hydrogen (secondary N) is 1. The molecule has 0 radical (unpaired) electrons. The Morgan fingerprint density at radius 2 is 1.40 bits per heavy atom. The second-order valence-corrected chi connectivity index (χ2v) is 8.95. The molecule has 0 amide bonds. The van der Waals surface area contributed by atoms with E-state index in [0.29, 0.717) is 5.56 Å². The van der Waals surface area contributed by atoms with Crippen molar-refractivity contribution in [2.75, 3.05) is 5.32 Å². The van der Waals surface area contributed by atoms with Crippen molar-refractivity contribution in [3.8, 4) is 0 Å². The predicted octanol–water partition coefficient (Wildman–Crippen LogP) is 6.57. The number of rotatable bonds is 6. The SMILES string of the molecule is Cc1cc(C)cc(C(=O)OCc2ccc(CNc3ccc(C(C)(C)C)cc3)cc2)c1. The van der Waals surface area contributed by atoms with E-state index >= 15 is 0 Å². The van der Waals surface area contributed by atoms with E-state index < -0.39 is 0 Å². The van der Waals surface area contributed by atoms with Gasteiger partial charge in [-0.15, -0.1) is 0 Å². The normalized spacial score (nSPS) is 11.2. The molecule has 0 atom stereocenters. The van der Waals surface area contributed by atoms with Gasteiger partial charge in [0.2, 0.25) is 0 Å². The van der Waals surface area contributed by atoms with Crippen LogP contribution in [0.2, 0.25) is 0 Å². The zero-order valence-corrected chi connectivity index (χ0v) is 18.6. The van der Waals surface area contributed by atoms with E-state index in [1.165, 1.54) is 11.1 Å². The summed E-state index contributed by atoms with van der Waals surface area (Å²) in [7, 11) is 0. The maximum atomic E-state index is 12.3. The Hall–Kier alpha value is -3.07. The van der Waals surface area contributed by atoms with Crippen LogP contribution in [0.3, 0.4) is 0 Å². The number of benzene rings is 3. The Balaban J connectivity index is 1.51. The smallest absolute Gasteiger partial charge is 0.338 e. The highest BCUT2D eigenvalue weighted by atomic mass is 16.5. The molecule has 1 N–H and O–H groups in total.